The van der Waals surface area contributed by atoms with Gasteiger partial charge in [-0.2, -0.15) is 0 Å². The molecular formula is C7H10O2. The molecule has 2 heteroatoms. The van der Waals surface area contributed by atoms with Crippen molar-refractivity contribution in [2.75, 3.05) is 6.61 Å². The summed E-state index contributed by atoms with van der Waals surface area (Å²) >= 11 is 0. The molecule has 1 aliphatic carbocycles. The van der Waals surface area contributed by atoms with Crippen LogP contribution in [0, 0.1) is 11.3 Å². The largest absolute Gasteiger partial charge is 0.465 e. The lowest BCUT2D eigenvalue weighted by Crippen LogP contribution is -2.09. The van der Waals surface area contributed by atoms with Crippen LogP contribution in [-0.4, -0.2) is 12.6 Å². The van der Waals surface area contributed by atoms with E-state index in [1.54, 1.807) is 0 Å². The monoisotopic (exact) mass is 126 g/mol. The summed E-state index contributed by atoms with van der Waals surface area (Å²) in [5.41, 5.74) is 0. The summed E-state index contributed by atoms with van der Waals surface area (Å²) in [6.07, 6.45) is 2.03. The SMILES string of the molecule is C[C@@H]1CC12CCOC2=O. The average molecular weight is 126 g/mol. The van der Waals surface area contributed by atoms with Gasteiger partial charge < -0.3 is 4.74 Å². The third kappa shape index (κ3) is 0.485. The van der Waals surface area contributed by atoms with Crippen molar-refractivity contribution in [3.8, 4) is 0 Å². The van der Waals surface area contributed by atoms with E-state index in [2.05, 4.69) is 6.92 Å². The van der Waals surface area contributed by atoms with Crippen molar-refractivity contribution in [3.63, 3.8) is 0 Å². The zero-order chi connectivity index (χ0) is 6.48. The minimum Gasteiger partial charge on any atom is -0.465 e. The van der Waals surface area contributed by atoms with E-state index in [4.69, 9.17) is 4.74 Å². The zero-order valence-electron chi connectivity index (χ0n) is 5.52. The van der Waals surface area contributed by atoms with Gasteiger partial charge in [0, 0.05) is 0 Å². The van der Waals surface area contributed by atoms with E-state index < -0.39 is 0 Å². The molecule has 1 unspecified atom stereocenters. The van der Waals surface area contributed by atoms with Gasteiger partial charge in [0.25, 0.3) is 0 Å². The Hall–Kier alpha value is -0.530. The lowest BCUT2D eigenvalue weighted by molar-refractivity contribution is -0.142. The second-order valence-electron chi connectivity index (χ2n) is 3.15. The van der Waals surface area contributed by atoms with Crippen molar-refractivity contribution in [2.24, 2.45) is 11.3 Å². The van der Waals surface area contributed by atoms with Gasteiger partial charge in [-0.3, -0.25) is 4.79 Å². The average Bonchev–Trinajstić information content (AvgIpc) is 2.29. The molecule has 50 valence electrons. The second-order valence-corrected chi connectivity index (χ2v) is 3.15. The fraction of sp³-hybridized carbons (Fsp3) is 0.857. The molecule has 2 nitrogen and oxygen atoms in total. The van der Waals surface area contributed by atoms with Crippen LogP contribution in [0.4, 0.5) is 0 Å². The Morgan fingerprint density at radius 2 is 2.44 bits per heavy atom. The normalized spacial score (nSPS) is 47.7. The Labute approximate surface area is 54.2 Å². The summed E-state index contributed by atoms with van der Waals surface area (Å²) in [5, 5.41) is 0. The molecule has 1 saturated carbocycles. The summed E-state index contributed by atoms with van der Waals surface area (Å²) in [6, 6.07) is 0. The van der Waals surface area contributed by atoms with Gasteiger partial charge in [0.1, 0.15) is 0 Å². The van der Waals surface area contributed by atoms with Crippen LogP contribution in [0.5, 0.6) is 0 Å². The van der Waals surface area contributed by atoms with E-state index in [0.717, 1.165) is 12.8 Å². The number of carbonyl (C=O) groups excluding carboxylic acids is 1. The fourth-order valence-corrected chi connectivity index (χ4v) is 1.69. The van der Waals surface area contributed by atoms with Crippen molar-refractivity contribution in [1.82, 2.24) is 0 Å². The lowest BCUT2D eigenvalue weighted by Gasteiger charge is -1.97. The van der Waals surface area contributed by atoms with Crippen LogP contribution in [0.3, 0.4) is 0 Å². The quantitative estimate of drug-likeness (QED) is 0.452. The van der Waals surface area contributed by atoms with Crippen LogP contribution in [0.1, 0.15) is 19.8 Å². The van der Waals surface area contributed by atoms with Crippen LogP contribution >= 0.6 is 0 Å². The summed E-state index contributed by atoms with van der Waals surface area (Å²) in [4.78, 5) is 10.9. The molecule has 2 rings (SSSR count). The van der Waals surface area contributed by atoms with Crippen molar-refractivity contribution in [3.05, 3.63) is 0 Å². The Morgan fingerprint density at radius 1 is 1.78 bits per heavy atom. The van der Waals surface area contributed by atoms with E-state index in [1.165, 1.54) is 0 Å². The highest BCUT2D eigenvalue weighted by Crippen LogP contribution is 2.58. The standard InChI is InChI=1S/C7H10O2/c1-5-4-7(5)2-3-9-6(7)8/h5H,2-4H2,1H3/t5-,7?/m1/s1. The predicted octanol–water partition coefficient (Wildman–Crippen LogP) is 0.960. The second kappa shape index (κ2) is 1.31. The third-order valence-corrected chi connectivity index (χ3v) is 2.64. The van der Waals surface area contributed by atoms with Crippen LogP contribution in [-0.2, 0) is 9.53 Å². The van der Waals surface area contributed by atoms with Crippen LogP contribution in [0.25, 0.3) is 0 Å². The van der Waals surface area contributed by atoms with Gasteiger partial charge >= 0.3 is 5.97 Å². The van der Waals surface area contributed by atoms with Gasteiger partial charge in [0.15, 0.2) is 0 Å². The number of ether oxygens (including phenoxy) is 1. The Kier molecular flexibility index (Phi) is 0.765. The maximum atomic E-state index is 10.9. The van der Waals surface area contributed by atoms with Crippen molar-refractivity contribution < 1.29 is 9.53 Å². The van der Waals surface area contributed by atoms with E-state index in [9.17, 15) is 4.79 Å². The van der Waals surface area contributed by atoms with E-state index in [-0.39, 0.29) is 11.4 Å². The summed E-state index contributed by atoms with van der Waals surface area (Å²) < 4.78 is 4.86. The number of rotatable bonds is 0. The molecule has 0 radical (unpaired) electrons. The molecule has 2 atom stereocenters. The molecule has 1 aliphatic heterocycles. The first-order valence-corrected chi connectivity index (χ1v) is 3.43. The first-order chi connectivity index (χ1) is 4.26. The van der Waals surface area contributed by atoms with Crippen LogP contribution < -0.4 is 0 Å². The number of carbonyl (C=O) groups is 1. The van der Waals surface area contributed by atoms with E-state index in [0.29, 0.717) is 12.5 Å². The highest BCUT2D eigenvalue weighted by atomic mass is 16.5. The first kappa shape index (κ1) is 5.27. The number of esters is 1. The Morgan fingerprint density at radius 3 is 2.67 bits per heavy atom. The smallest absolute Gasteiger partial charge is 0.312 e. The minimum atomic E-state index is 0. The van der Waals surface area contributed by atoms with Crippen molar-refractivity contribution >= 4 is 5.97 Å². The lowest BCUT2D eigenvalue weighted by atomic mass is 10.0. The maximum absolute atomic E-state index is 10.9. The van der Waals surface area contributed by atoms with E-state index >= 15 is 0 Å². The van der Waals surface area contributed by atoms with Gasteiger partial charge in [-0.15, -0.1) is 0 Å². The van der Waals surface area contributed by atoms with Gasteiger partial charge in [-0.25, -0.2) is 0 Å². The molecule has 0 bridgehead atoms. The fourth-order valence-electron chi connectivity index (χ4n) is 1.69. The molecule has 1 heterocycles. The number of hydrogen-bond acceptors (Lipinski definition) is 2. The van der Waals surface area contributed by atoms with Gasteiger partial charge in [0.05, 0.1) is 12.0 Å². The van der Waals surface area contributed by atoms with Crippen molar-refractivity contribution in [2.45, 2.75) is 19.8 Å². The Balaban J connectivity index is 2.21. The first-order valence-electron chi connectivity index (χ1n) is 3.43. The topological polar surface area (TPSA) is 26.3 Å². The molecule has 2 fully saturated rings. The summed E-state index contributed by atoms with van der Waals surface area (Å²) in [6.45, 7) is 2.77. The van der Waals surface area contributed by atoms with Gasteiger partial charge in [-0.05, 0) is 18.8 Å². The number of hydrogen-bond donors (Lipinski definition) is 0. The molecule has 0 aromatic carbocycles. The molecule has 1 spiro atoms. The molecule has 1 saturated heterocycles. The maximum Gasteiger partial charge on any atom is 0.312 e. The molecule has 2 aliphatic rings. The van der Waals surface area contributed by atoms with Gasteiger partial charge in [-0.1, -0.05) is 6.92 Å². The highest BCUT2D eigenvalue weighted by Gasteiger charge is 2.60. The molecule has 0 amide bonds. The molecule has 9 heavy (non-hydrogen) atoms. The minimum absolute atomic E-state index is 0. The molecular weight excluding hydrogens is 116 g/mol. The predicted molar refractivity (Wildman–Crippen MR) is 31.8 cm³/mol. The van der Waals surface area contributed by atoms with Crippen LogP contribution in [0.15, 0.2) is 0 Å². The van der Waals surface area contributed by atoms with Gasteiger partial charge in [0.2, 0.25) is 0 Å². The zero-order valence-corrected chi connectivity index (χ0v) is 5.52. The Bertz CT molecular complexity index is 164. The third-order valence-electron chi connectivity index (χ3n) is 2.64. The van der Waals surface area contributed by atoms with E-state index in [1.807, 2.05) is 0 Å². The summed E-state index contributed by atoms with van der Waals surface area (Å²) in [5.74, 6) is 0.641. The molecule has 0 N–H and O–H groups in total. The highest BCUT2D eigenvalue weighted by molar-refractivity contribution is 5.82. The summed E-state index contributed by atoms with van der Waals surface area (Å²) in [7, 11) is 0. The molecule has 0 aromatic rings. The van der Waals surface area contributed by atoms with Crippen LogP contribution in [0.2, 0.25) is 0 Å². The molecule has 0 aromatic heterocycles. The number of cyclic esters (lactones) is 1. The van der Waals surface area contributed by atoms with Crippen molar-refractivity contribution in [1.29, 1.82) is 0 Å².